The molecule has 1 atom stereocenters. The van der Waals surface area contributed by atoms with Crippen molar-refractivity contribution in [2.24, 2.45) is 5.41 Å². The van der Waals surface area contributed by atoms with Crippen LogP contribution >= 0.6 is 11.3 Å². The lowest BCUT2D eigenvalue weighted by molar-refractivity contribution is 0.184. The normalized spacial score (nSPS) is 20.3. The van der Waals surface area contributed by atoms with E-state index in [2.05, 4.69) is 47.5 Å². The summed E-state index contributed by atoms with van der Waals surface area (Å²) < 4.78 is 0. The van der Waals surface area contributed by atoms with Crippen molar-refractivity contribution in [3.05, 3.63) is 52.0 Å². The molecule has 0 bridgehead atoms. The molecule has 0 radical (unpaired) electrons. The molecule has 5 nitrogen and oxygen atoms in total. The first-order valence-electron chi connectivity index (χ1n) is 9.09. The lowest BCUT2D eigenvalue weighted by Crippen LogP contribution is -2.44. The molecule has 0 aromatic carbocycles. The van der Waals surface area contributed by atoms with E-state index in [0.29, 0.717) is 19.6 Å². The number of thiophene rings is 1. The van der Waals surface area contributed by atoms with Crippen LogP contribution in [0.2, 0.25) is 0 Å². The molecule has 0 spiro atoms. The largest absolute Gasteiger partial charge is 0.337 e. The summed E-state index contributed by atoms with van der Waals surface area (Å²) in [5.41, 5.74) is 2.29. The number of urea groups is 1. The van der Waals surface area contributed by atoms with Gasteiger partial charge >= 0.3 is 6.03 Å². The van der Waals surface area contributed by atoms with E-state index in [9.17, 15) is 4.79 Å². The highest BCUT2D eigenvalue weighted by Gasteiger charge is 2.32. The summed E-state index contributed by atoms with van der Waals surface area (Å²) in [6.07, 6.45) is 2.89. The summed E-state index contributed by atoms with van der Waals surface area (Å²) >= 11 is 1.70. The van der Waals surface area contributed by atoms with Crippen molar-refractivity contribution in [1.82, 2.24) is 20.1 Å². The molecule has 1 aliphatic heterocycles. The van der Waals surface area contributed by atoms with E-state index < -0.39 is 0 Å². The predicted molar refractivity (Wildman–Crippen MR) is 106 cm³/mol. The molecule has 26 heavy (non-hydrogen) atoms. The first kappa shape index (κ1) is 18.9. The van der Waals surface area contributed by atoms with Crippen LogP contribution in [0.5, 0.6) is 0 Å². The highest BCUT2D eigenvalue weighted by Crippen LogP contribution is 2.28. The van der Waals surface area contributed by atoms with E-state index >= 15 is 0 Å². The third-order valence-electron chi connectivity index (χ3n) is 5.08. The number of nitrogens with zero attached hydrogens (tertiary/aromatic N) is 3. The molecule has 3 heterocycles. The molecule has 0 saturated carbocycles. The molecular formula is C20H28N4OS. The SMILES string of the molecule is Cc1ccsc1CN(Cc1ccccn1)C(=O)NC[C@]1(C)CCN(C)C1. The van der Waals surface area contributed by atoms with Crippen LogP contribution in [0.25, 0.3) is 0 Å². The molecule has 0 unspecified atom stereocenters. The minimum absolute atomic E-state index is 0.0146. The monoisotopic (exact) mass is 372 g/mol. The Morgan fingerprint density at radius 2 is 2.23 bits per heavy atom. The Balaban J connectivity index is 1.67. The molecule has 6 heteroatoms. The number of hydrogen-bond donors (Lipinski definition) is 1. The molecule has 3 rings (SSSR count). The zero-order valence-corrected chi connectivity index (χ0v) is 16.7. The van der Waals surface area contributed by atoms with E-state index in [0.717, 1.165) is 25.2 Å². The van der Waals surface area contributed by atoms with Crippen LogP contribution < -0.4 is 5.32 Å². The van der Waals surface area contributed by atoms with Crippen molar-refractivity contribution in [3.63, 3.8) is 0 Å². The van der Waals surface area contributed by atoms with Crippen molar-refractivity contribution in [3.8, 4) is 0 Å². The lowest BCUT2D eigenvalue weighted by Gasteiger charge is -2.28. The standard InChI is InChI=1S/C20H28N4OS/c1-16-7-11-26-18(16)13-24(12-17-6-4-5-9-21-17)19(25)22-14-20(2)8-10-23(3)15-20/h4-7,9,11H,8,10,12-15H2,1-3H3,(H,22,25)/t20-/m0/s1. The molecule has 1 aliphatic rings. The molecular weight excluding hydrogens is 344 g/mol. The Kier molecular flexibility index (Phi) is 5.94. The average Bonchev–Trinajstić information content (AvgIpc) is 3.19. The number of aromatic nitrogens is 1. The van der Waals surface area contributed by atoms with Gasteiger partial charge in [-0.3, -0.25) is 4.98 Å². The maximum atomic E-state index is 12.9. The summed E-state index contributed by atoms with van der Waals surface area (Å²) in [5.74, 6) is 0. The van der Waals surface area contributed by atoms with Crippen molar-refractivity contribution < 1.29 is 4.79 Å². The number of nitrogens with one attached hydrogen (secondary N) is 1. The Bertz CT molecular complexity index is 732. The summed E-state index contributed by atoms with van der Waals surface area (Å²) in [6.45, 7) is 8.30. The Morgan fingerprint density at radius 3 is 2.85 bits per heavy atom. The number of carbonyl (C=O) groups excluding carboxylic acids is 1. The molecule has 2 aromatic rings. The summed E-state index contributed by atoms with van der Waals surface area (Å²) in [4.78, 5) is 22.7. The Hall–Kier alpha value is -1.92. The summed E-state index contributed by atoms with van der Waals surface area (Å²) in [5, 5.41) is 5.26. The predicted octanol–water partition coefficient (Wildman–Crippen LogP) is 3.51. The van der Waals surface area contributed by atoms with Crippen molar-refractivity contribution >= 4 is 17.4 Å². The van der Waals surface area contributed by atoms with Gasteiger partial charge in [-0.15, -0.1) is 11.3 Å². The Labute approximate surface area is 160 Å². The van der Waals surface area contributed by atoms with Gasteiger partial charge in [-0.05, 0) is 61.5 Å². The number of hydrogen-bond acceptors (Lipinski definition) is 4. The minimum Gasteiger partial charge on any atom is -0.337 e. The van der Waals surface area contributed by atoms with E-state index in [1.807, 2.05) is 23.1 Å². The molecule has 1 N–H and O–H groups in total. The van der Waals surface area contributed by atoms with Crippen LogP contribution in [0.4, 0.5) is 4.79 Å². The third kappa shape index (κ3) is 4.83. The van der Waals surface area contributed by atoms with Gasteiger partial charge in [-0.2, -0.15) is 0 Å². The smallest absolute Gasteiger partial charge is 0.318 e. The first-order chi connectivity index (χ1) is 12.5. The van der Waals surface area contributed by atoms with Crippen molar-refractivity contribution in [1.29, 1.82) is 0 Å². The van der Waals surface area contributed by atoms with Crippen LogP contribution in [-0.4, -0.2) is 47.5 Å². The second-order valence-corrected chi connectivity index (χ2v) is 8.66. The van der Waals surface area contributed by atoms with E-state index in [1.54, 1.807) is 17.5 Å². The van der Waals surface area contributed by atoms with Gasteiger partial charge in [-0.1, -0.05) is 13.0 Å². The highest BCUT2D eigenvalue weighted by molar-refractivity contribution is 7.10. The van der Waals surface area contributed by atoms with Gasteiger partial charge in [0.1, 0.15) is 0 Å². The average molecular weight is 373 g/mol. The van der Waals surface area contributed by atoms with Gasteiger partial charge < -0.3 is 15.1 Å². The fourth-order valence-electron chi connectivity index (χ4n) is 3.44. The number of rotatable bonds is 6. The van der Waals surface area contributed by atoms with Gasteiger partial charge in [0.15, 0.2) is 0 Å². The van der Waals surface area contributed by atoms with Gasteiger partial charge in [-0.25, -0.2) is 4.79 Å². The summed E-state index contributed by atoms with van der Waals surface area (Å²) in [6, 6.07) is 7.92. The van der Waals surface area contributed by atoms with Crippen molar-refractivity contribution in [2.75, 3.05) is 26.7 Å². The van der Waals surface area contributed by atoms with Crippen LogP contribution in [0.1, 0.15) is 29.5 Å². The fourth-order valence-corrected chi connectivity index (χ4v) is 4.36. The Morgan fingerprint density at radius 1 is 1.38 bits per heavy atom. The quantitative estimate of drug-likeness (QED) is 0.844. The number of likely N-dealkylation sites (tertiary alicyclic amines) is 1. The molecule has 1 fully saturated rings. The van der Waals surface area contributed by atoms with Gasteiger partial charge in [0.25, 0.3) is 0 Å². The topological polar surface area (TPSA) is 48.5 Å². The van der Waals surface area contributed by atoms with Gasteiger partial charge in [0.2, 0.25) is 0 Å². The second-order valence-electron chi connectivity index (χ2n) is 7.66. The molecule has 140 valence electrons. The molecule has 2 amide bonds. The van der Waals surface area contributed by atoms with E-state index in [1.165, 1.54) is 10.4 Å². The molecule has 1 saturated heterocycles. The van der Waals surface area contributed by atoms with Crippen LogP contribution in [0, 0.1) is 12.3 Å². The van der Waals surface area contributed by atoms with Crippen LogP contribution in [-0.2, 0) is 13.1 Å². The second kappa shape index (κ2) is 8.18. The number of carbonyl (C=O) groups is 1. The molecule has 2 aromatic heterocycles. The zero-order chi connectivity index (χ0) is 18.6. The van der Waals surface area contributed by atoms with Gasteiger partial charge in [0.05, 0.1) is 18.8 Å². The maximum absolute atomic E-state index is 12.9. The van der Waals surface area contributed by atoms with E-state index in [-0.39, 0.29) is 11.4 Å². The highest BCUT2D eigenvalue weighted by atomic mass is 32.1. The van der Waals surface area contributed by atoms with Gasteiger partial charge in [0, 0.05) is 24.2 Å². The van der Waals surface area contributed by atoms with Crippen LogP contribution in [0.3, 0.4) is 0 Å². The van der Waals surface area contributed by atoms with Crippen LogP contribution in [0.15, 0.2) is 35.8 Å². The maximum Gasteiger partial charge on any atom is 0.318 e. The minimum atomic E-state index is -0.0146. The number of pyridine rings is 1. The summed E-state index contributed by atoms with van der Waals surface area (Å²) in [7, 11) is 2.14. The number of amides is 2. The third-order valence-corrected chi connectivity index (χ3v) is 6.09. The lowest BCUT2D eigenvalue weighted by atomic mass is 9.90. The number of aryl methyl sites for hydroxylation is 1. The first-order valence-corrected chi connectivity index (χ1v) is 9.97. The fraction of sp³-hybridized carbons (Fsp3) is 0.500. The van der Waals surface area contributed by atoms with E-state index in [4.69, 9.17) is 0 Å². The van der Waals surface area contributed by atoms with Crippen molar-refractivity contribution in [2.45, 2.75) is 33.4 Å². The zero-order valence-electron chi connectivity index (χ0n) is 15.9. The molecule has 0 aliphatic carbocycles.